The zero-order valence-corrected chi connectivity index (χ0v) is 11.9. The van der Waals surface area contributed by atoms with E-state index in [9.17, 15) is 0 Å². The van der Waals surface area contributed by atoms with Crippen LogP contribution in [-0.4, -0.2) is 11.2 Å². The fourth-order valence-electron chi connectivity index (χ4n) is 2.26. The summed E-state index contributed by atoms with van der Waals surface area (Å²) in [6.07, 6.45) is 2.09. The molecule has 0 aliphatic rings. The Hall–Kier alpha value is -1.80. The van der Waals surface area contributed by atoms with Gasteiger partial charge in [-0.05, 0) is 43.0 Å². The smallest absolute Gasteiger partial charge is 0.0712 e. The summed E-state index contributed by atoms with van der Waals surface area (Å²) in [6, 6.07) is 19.0. The van der Waals surface area contributed by atoms with E-state index in [1.54, 1.807) is 11.8 Å². The van der Waals surface area contributed by atoms with Crippen molar-refractivity contribution in [2.45, 2.75) is 11.8 Å². The molecular formula is C17H15NS. The van der Waals surface area contributed by atoms with E-state index in [-0.39, 0.29) is 0 Å². The van der Waals surface area contributed by atoms with Gasteiger partial charge in [-0.15, -0.1) is 11.8 Å². The molecular weight excluding hydrogens is 250 g/mol. The largest absolute Gasteiger partial charge is 0.248 e. The second-order valence-corrected chi connectivity index (χ2v) is 5.45. The van der Waals surface area contributed by atoms with Crippen LogP contribution in [0.1, 0.15) is 5.56 Å². The molecule has 0 N–H and O–H groups in total. The number of hydrogen-bond donors (Lipinski definition) is 0. The number of aromatic nitrogens is 1. The average molecular weight is 265 g/mol. The van der Waals surface area contributed by atoms with Crippen molar-refractivity contribution in [1.82, 2.24) is 4.98 Å². The van der Waals surface area contributed by atoms with Gasteiger partial charge in [0.05, 0.1) is 11.2 Å². The molecule has 0 unspecified atom stereocenters. The number of aryl methyl sites for hydroxylation is 1. The molecule has 0 aliphatic heterocycles. The van der Waals surface area contributed by atoms with Gasteiger partial charge in [-0.3, -0.25) is 0 Å². The molecule has 3 rings (SSSR count). The molecule has 0 saturated heterocycles. The van der Waals surface area contributed by atoms with E-state index in [0.717, 1.165) is 11.2 Å². The van der Waals surface area contributed by atoms with Gasteiger partial charge < -0.3 is 0 Å². The predicted molar refractivity (Wildman–Crippen MR) is 83.7 cm³/mol. The first-order chi connectivity index (χ1) is 9.28. The fraction of sp³-hybridized carbons (Fsp3) is 0.118. The minimum atomic E-state index is 1.05. The van der Waals surface area contributed by atoms with Crippen LogP contribution in [0.3, 0.4) is 0 Å². The zero-order chi connectivity index (χ0) is 13.2. The summed E-state index contributed by atoms with van der Waals surface area (Å²) < 4.78 is 0. The van der Waals surface area contributed by atoms with Crippen molar-refractivity contribution in [1.29, 1.82) is 0 Å². The zero-order valence-electron chi connectivity index (χ0n) is 11.1. The number of nitrogens with zero attached hydrogens (tertiary/aromatic N) is 1. The molecule has 0 saturated carbocycles. The summed E-state index contributed by atoms with van der Waals surface area (Å²) >= 11 is 1.76. The van der Waals surface area contributed by atoms with Crippen molar-refractivity contribution in [2.75, 3.05) is 6.26 Å². The maximum atomic E-state index is 4.75. The summed E-state index contributed by atoms with van der Waals surface area (Å²) in [5.41, 5.74) is 4.55. The van der Waals surface area contributed by atoms with E-state index in [1.165, 1.54) is 21.4 Å². The summed E-state index contributed by atoms with van der Waals surface area (Å²) in [5, 5.41) is 1.23. The Bertz CT molecular complexity index is 717. The Labute approximate surface area is 117 Å². The van der Waals surface area contributed by atoms with E-state index in [1.807, 2.05) is 6.07 Å². The number of benzene rings is 2. The predicted octanol–water partition coefficient (Wildman–Crippen LogP) is 4.93. The molecule has 94 valence electrons. The molecule has 0 spiro atoms. The SMILES string of the molecule is CSc1ccc(-c2cc(C)c3ccccc3n2)cc1. The highest BCUT2D eigenvalue weighted by Crippen LogP contribution is 2.25. The van der Waals surface area contributed by atoms with Gasteiger partial charge in [-0.1, -0.05) is 30.3 Å². The van der Waals surface area contributed by atoms with Gasteiger partial charge in [0.15, 0.2) is 0 Å². The molecule has 3 aromatic rings. The molecule has 0 amide bonds. The van der Waals surface area contributed by atoms with Crippen molar-refractivity contribution in [3.8, 4) is 11.3 Å². The van der Waals surface area contributed by atoms with Crippen LogP contribution >= 0.6 is 11.8 Å². The number of fused-ring (bicyclic) bond motifs is 1. The lowest BCUT2D eigenvalue weighted by molar-refractivity contribution is 1.35. The Morgan fingerprint density at radius 2 is 1.68 bits per heavy atom. The maximum absolute atomic E-state index is 4.75. The second kappa shape index (κ2) is 5.06. The van der Waals surface area contributed by atoms with Crippen LogP contribution in [0, 0.1) is 6.92 Å². The minimum absolute atomic E-state index is 1.05. The number of rotatable bonds is 2. The van der Waals surface area contributed by atoms with E-state index in [4.69, 9.17) is 4.98 Å². The van der Waals surface area contributed by atoms with Crippen LogP contribution in [0.5, 0.6) is 0 Å². The standard InChI is InChI=1S/C17H15NS/c1-12-11-17(13-7-9-14(19-2)10-8-13)18-16-6-4-3-5-15(12)16/h3-11H,1-2H3. The summed E-state index contributed by atoms with van der Waals surface area (Å²) in [7, 11) is 0. The molecule has 0 bridgehead atoms. The fourth-order valence-corrected chi connectivity index (χ4v) is 2.67. The Morgan fingerprint density at radius 3 is 2.42 bits per heavy atom. The third-order valence-electron chi connectivity index (χ3n) is 3.31. The van der Waals surface area contributed by atoms with Crippen LogP contribution in [-0.2, 0) is 0 Å². The van der Waals surface area contributed by atoms with Crippen molar-refractivity contribution < 1.29 is 0 Å². The molecule has 2 heteroatoms. The van der Waals surface area contributed by atoms with E-state index < -0.39 is 0 Å². The van der Waals surface area contributed by atoms with Crippen LogP contribution in [0.2, 0.25) is 0 Å². The van der Waals surface area contributed by atoms with Crippen LogP contribution in [0.15, 0.2) is 59.5 Å². The topological polar surface area (TPSA) is 12.9 Å². The maximum Gasteiger partial charge on any atom is 0.0712 e. The lowest BCUT2D eigenvalue weighted by Crippen LogP contribution is -1.88. The van der Waals surface area contributed by atoms with E-state index in [0.29, 0.717) is 0 Å². The first-order valence-electron chi connectivity index (χ1n) is 6.29. The summed E-state index contributed by atoms with van der Waals surface area (Å²) in [6.45, 7) is 2.14. The van der Waals surface area contributed by atoms with Gasteiger partial charge in [0.2, 0.25) is 0 Å². The van der Waals surface area contributed by atoms with Gasteiger partial charge in [0, 0.05) is 15.8 Å². The second-order valence-electron chi connectivity index (χ2n) is 4.57. The quantitative estimate of drug-likeness (QED) is 0.609. The monoisotopic (exact) mass is 265 g/mol. The van der Waals surface area contributed by atoms with Gasteiger partial charge in [-0.2, -0.15) is 0 Å². The number of hydrogen-bond acceptors (Lipinski definition) is 2. The van der Waals surface area contributed by atoms with Gasteiger partial charge >= 0.3 is 0 Å². The van der Waals surface area contributed by atoms with Gasteiger partial charge in [0.1, 0.15) is 0 Å². The van der Waals surface area contributed by atoms with Gasteiger partial charge in [-0.25, -0.2) is 4.98 Å². The van der Waals surface area contributed by atoms with E-state index >= 15 is 0 Å². The number of pyridine rings is 1. The van der Waals surface area contributed by atoms with E-state index in [2.05, 4.69) is 61.7 Å². The molecule has 1 aromatic heterocycles. The van der Waals surface area contributed by atoms with Crippen LogP contribution < -0.4 is 0 Å². The molecule has 0 radical (unpaired) electrons. The molecule has 0 fully saturated rings. The lowest BCUT2D eigenvalue weighted by Gasteiger charge is -2.07. The third kappa shape index (κ3) is 2.36. The molecule has 2 aromatic carbocycles. The van der Waals surface area contributed by atoms with Gasteiger partial charge in [0.25, 0.3) is 0 Å². The number of thioether (sulfide) groups is 1. The lowest BCUT2D eigenvalue weighted by atomic mass is 10.1. The summed E-state index contributed by atoms with van der Waals surface area (Å²) in [4.78, 5) is 6.03. The molecule has 1 heterocycles. The van der Waals surface area contributed by atoms with Crippen molar-refractivity contribution in [2.24, 2.45) is 0 Å². The number of para-hydroxylation sites is 1. The van der Waals surface area contributed by atoms with Crippen molar-refractivity contribution in [3.63, 3.8) is 0 Å². The first-order valence-corrected chi connectivity index (χ1v) is 7.51. The highest BCUT2D eigenvalue weighted by atomic mass is 32.2. The molecule has 1 nitrogen and oxygen atoms in total. The molecule has 0 aliphatic carbocycles. The van der Waals surface area contributed by atoms with Crippen molar-refractivity contribution >= 4 is 22.7 Å². The Balaban J connectivity index is 2.14. The normalized spacial score (nSPS) is 10.8. The third-order valence-corrected chi connectivity index (χ3v) is 4.05. The Kier molecular flexibility index (Phi) is 3.26. The first kappa shape index (κ1) is 12.2. The highest BCUT2D eigenvalue weighted by molar-refractivity contribution is 7.98. The van der Waals surface area contributed by atoms with Crippen molar-refractivity contribution in [3.05, 3.63) is 60.2 Å². The minimum Gasteiger partial charge on any atom is -0.248 e. The highest BCUT2D eigenvalue weighted by Gasteiger charge is 2.04. The van der Waals surface area contributed by atoms with Crippen LogP contribution in [0.4, 0.5) is 0 Å². The molecule has 0 atom stereocenters. The Morgan fingerprint density at radius 1 is 0.947 bits per heavy atom. The van der Waals surface area contributed by atoms with Crippen LogP contribution in [0.25, 0.3) is 22.2 Å². The molecule has 19 heavy (non-hydrogen) atoms. The summed E-state index contributed by atoms with van der Waals surface area (Å²) in [5.74, 6) is 0. The average Bonchev–Trinajstić information content (AvgIpc) is 2.47.